The van der Waals surface area contributed by atoms with Crippen molar-refractivity contribution in [3.8, 4) is 0 Å². The minimum Gasteiger partial charge on any atom is -0.756 e. The molecule has 11 heteroatoms. The van der Waals surface area contributed by atoms with Gasteiger partial charge in [0.05, 0.1) is 40.0 Å². The molecule has 1 fully saturated rings. The Labute approximate surface area is 360 Å². The van der Waals surface area contributed by atoms with Crippen molar-refractivity contribution in [1.82, 2.24) is 0 Å². The molecule has 3 unspecified atom stereocenters. The molecule has 0 amide bonds. The van der Waals surface area contributed by atoms with Crippen molar-refractivity contribution < 1.29 is 46.8 Å². The molecule has 1 aliphatic heterocycles. The first-order chi connectivity index (χ1) is 28.5. The predicted molar refractivity (Wildman–Crippen MR) is 240 cm³/mol. The molecule has 0 saturated carbocycles. The molecule has 10 nitrogen and oxygen atoms in total. The van der Waals surface area contributed by atoms with E-state index in [-0.39, 0.29) is 26.1 Å². The van der Waals surface area contributed by atoms with E-state index in [0.29, 0.717) is 36.1 Å². The van der Waals surface area contributed by atoms with E-state index in [4.69, 9.17) is 23.3 Å². The number of rotatable bonds is 41. The van der Waals surface area contributed by atoms with Gasteiger partial charge in [0.2, 0.25) is 0 Å². The number of carbonyl (C=O) groups is 2. The number of unbranched alkanes of at least 4 members (excludes halogenated alkanes) is 16. The molecule has 1 saturated heterocycles. The lowest BCUT2D eigenvalue weighted by atomic mass is 10.1. The third-order valence-corrected chi connectivity index (χ3v) is 11.2. The van der Waals surface area contributed by atoms with Crippen LogP contribution in [0.1, 0.15) is 181 Å². The maximum Gasteiger partial charge on any atom is 0.306 e. The maximum absolute atomic E-state index is 12.7. The number of quaternary nitrogens is 1. The van der Waals surface area contributed by atoms with Gasteiger partial charge in [0.15, 0.2) is 6.10 Å². The lowest BCUT2D eigenvalue weighted by Gasteiger charge is -2.28. The van der Waals surface area contributed by atoms with Crippen molar-refractivity contribution in [2.45, 2.75) is 199 Å². The van der Waals surface area contributed by atoms with E-state index in [1.54, 1.807) is 0 Å². The second kappa shape index (κ2) is 36.6. The lowest BCUT2D eigenvalue weighted by Crippen LogP contribution is -2.37. The Morgan fingerprint density at radius 2 is 1.15 bits per heavy atom. The largest absolute Gasteiger partial charge is 0.756 e. The summed E-state index contributed by atoms with van der Waals surface area (Å²) in [5.41, 5.74) is 0. The number of hydrogen-bond acceptors (Lipinski definition) is 9. The minimum atomic E-state index is -4.64. The highest BCUT2D eigenvalue weighted by atomic mass is 31.2. The van der Waals surface area contributed by atoms with Crippen molar-refractivity contribution in [3.05, 3.63) is 48.6 Å². The van der Waals surface area contributed by atoms with Gasteiger partial charge in [-0.05, 0) is 70.6 Å². The number of epoxide rings is 1. The van der Waals surface area contributed by atoms with Crippen LogP contribution in [0.3, 0.4) is 0 Å². The quantitative estimate of drug-likeness (QED) is 0.0148. The Morgan fingerprint density at radius 3 is 1.80 bits per heavy atom. The van der Waals surface area contributed by atoms with Crippen LogP contribution in [0.2, 0.25) is 0 Å². The van der Waals surface area contributed by atoms with Crippen LogP contribution in [0.4, 0.5) is 0 Å². The first-order valence-electron chi connectivity index (χ1n) is 23.5. The first-order valence-corrected chi connectivity index (χ1v) is 24.9. The van der Waals surface area contributed by atoms with Crippen LogP contribution in [0.5, 0.6) is 0 Å². The van der Waals surface area contributed by atoms with E-state index >= 15 is 0 Å². The summed E-state index contributed by atoms with van der Waals surface area (Å²) in [7, 11) is 1.12. The lowest BCUT2D eigenvalue weighted by molar-refractivity contribution is -0.870. The average molecular weight is 852 g/mol. The van der Waals surface area contributed by atoms with Crippen LogP contribution in [0, 0.1) is 0 Å². The molecular weight excluding hydrogens is 766 g/mol. The molecule has 0 aromatic carbocycles. The molecule has 0 radical (unpaired) electrons. The highest BCUT2D eigenvalue weighted by molar-refractivity contribution is 7.45. The average Bonchev–Trinajstić information content (AvgIpc) is 3.94. The number of nitrogens with zero attached hydrogens (tertiary/aromatic N) is 1. The van der Waals surface area contributed by atoms with Crippen molar-refractivity contribution in [1.29, 1.82) is 0 Å². The second-order valence-corrected chi connectivity index (χ2v) is 18.6. The Bertz CT molecular complexity index is 1210. The van der Waals surface area contributed by atoms with Gasteiger partial charge >= 0.3 is 11.9 Å². The fourth-order valence-electron chi connectivity index (χ4n) is 6.44. The molecule has 1 rings (SSSR count). The van der Waals surface area contributed by atoms with Crippen molar-refractivity contribution in [2.24, 2.45) is 0 Å². The van der Waals surface area contributed by atoms with Crippen LogP contribution in [-0.2, 0) is 37.4 Å². The van der Waals surface area contributed by atoms with Crippen LogP contribution in [-0.4, -0.2) is 82.2 Å². The summed E-state index contributed by atoms with van der Waals surface area (Å²) in [6, 6.07) is 0. The number of allylic oxidation sites excluding steroid dienone is 7. The van der Waals surface area contributed by atoms with Crippen molar-refractivity contribution in [2.75, 3.05) is 47.5 Å². The van der Waals surface area contributed by atoms with E-state index in [0.717, 1.165) is 51.4 Å². The number of ether oxygens (including phenoxy) is 3. The third-order valence-electron chi connectivity index (χ3n) is 10.2. The van der Waals surface area contributed by atoms with E-state index < -0.39 is 32.5 Å². The van der Waals surface area contributed by atoms with Crippen LogP contribution < -0.4 is 4.89 Å². The Morgan fingerprint density at radius 1 is 0.627 bits per heavy atom. The van der Waals surface area contributed by atoms with E-state index in [1.807, 2.05) is 21.1 Å². The van der Waals surface area contributed by atoms with Gasteiger partial charge in [-0.3, -0.25) is 14.2 Å². The Balaban J connectivity index is 2.29. The summed E-state index contributed by atoms with van der Waals surface area (Å²) in [5.74, 6) is -0.910. The molecule has 0 aliphatic carbocycles. The fraction of sp³-hybridized carbons (Fsp3) is 0.792. The number of likely N-dealkylation sites (N-methyl/N-ethyl adjacent to an activating group) is 1. The normalized spacial score (nSPS) is 17.4. The third kappa shape index (κ3) is 37.4. The summed E-state index contributed by atoms with van der Waals surface area (Å²) in [6.07, 6.45) is 44.6. The molecule has 0 aromatic rings. The summed E-state index contributed by atoms with van der Waals surface area (Å²) < 4.78 is 39.6. The molecule has 342 valence electrons. The van der Waals surface area contributed by atoms with Gasteiger partial charge in [-0.2, -0.15) is 0 Å². The smallest absolute Gasteiger partial charge is 0.306 e. The monoisotopic (exact) mass is 852 g/mol. The fourth-order valence-corrected chi connectivity index (χ4v) is 7.17. The SMILES string of the molecule is CCCCCCCC/C=C\CCCCCCCCCC(=O)O[C@H](COC(=O)CCC/C=C\C/C=C\C/C=C\CC1OC1CCCCC)COP(=O)([O-])OCC[N+](C)(C)C. The molecule has 4 atom stereocenters. The molecule has 1 aliphatic rings. The minimum absolute atomic E-state index is 0.0433. The van der Waals surface area contributed by atoms with Crippen LogP contribution >= 0.6 is 7.82 Å². The summed E-state index contributed by atoms with van der Waals surface area (Å²) in [4.78, 5) is 37.6. The molecule has 0 spiro atoms. The number of esters is 2. The van der Waals surface area contributed by atoms with Gasteiger partial charge in [-0.25, -0.2) is 0 Å². The Kier molecular flexibility index (Phi) is 34.1. The summed E-state index contributed by atoms with van der Waals surface area (Å²) in [5, 5.41) is 0. The number of phosphoric acid groups is 1. The molecule has 0 N–H and O–H groups in total. The molecule has 1 heterocycles. The number of phosphoric ester groups is 1. The van der Waals surface area contributed by atoms with Gasteiger partial charge in [0.25, 0.3) is 7.82 Å². The number of carbonyl (C=O) groups excluding carboxylic acids is 2. The standard InChI is InChI=1S/C48H86NO9P/c1-6-8-10-11-12-13-14-15-16-17-18-19-20-25-28-31-35-39-48(51)57-44(43-56-59(52,53)55-41-40-49(3,4)5)42-54-47(50)38-34-30-27-24-22-21-23-26-29-33-37-46-45(58-46)36-32-9-7-2/h15-16,21,23-24,27,29,33,44-46H,6-14,17-20,22,25-26,28,30-32,34-43H2,1-5H3/b16-15-,23-21-,27-24-,33-29-/t44-,45?,46?/m1/s1. The summed E-state index contributed by atoms with van der Waals surface area (Å²) in [6.45, 7) is 4.12. The molecule has 0 bridgehead atoms. The van der Waals surface area contributed by atoms with E-state index in [2.05, 4.69) is 62.5 Å². The second-order valence-electron chi connectivity index (χ2n) is 17.1. The zero-order valence-electron chi connectivity index (χ0n) is 38.1. The van der Waals surface area contributed by atoms with Crippen LogP contribution in [0.25, 0.3) is 0 Å². The van der Waals surface area contributed by atoms with Crippen molar-refractivity contribution >= 4 is 19.8 Å². The zero-order valence-corrected chi connectivity index (χ0v) is 39.0. The topological polar surface area (TPSA) is 124 Å². The van der Waals surface area contributed by atoms with E-state index in [9.17, 15) is 19.0 Å². The first kappa shape index (κ1) is 54.9. The van der Waals surface area contributed by atoms with Gasteiger partial charge in [0.1, 0.15) is 19.8 Å². The van der Waals surface area contributed by atoms with Gasteiger partial charge < -0.3 is 32.6 Å². The van der Waals surface area contributed by atoms with Gasteiger partial charge in [-0.15, -0.1) is 0 Å². The van der Waals surface area contributed by atoms with Crippen molar-refractivity contribution in [3.63, 3.8) is 0 Å². The Hall–Kier alpha value is -2.07. The van der Waals surface area contributed by atoms with Crippen LogP contribution in [0.15, 0.2) is 48.6 Å². The molecular formula is C48H86NO9P. The number of hydrogen-bond donors (Lipinski definition) is 0. The summed E-state index contributed by atoms with van der Waals surface area (Å²) >= 11 is 0. The highest BCUT2D eigenvalue weighted by Crippen LogP contribution is 2.38. The maximum atomic E-state index is 12.7. The molecule has 0 aromatic heterocycles. The predicted octanol–water partition coefficient (Wildman–Crippen LogP) is 11.8. The van der Waals surface area contributed by atoms with Gasteiger partial charge in [0, 0.05) is 12.8 Å². The van der Waals surface area contributed by atoms with Gasteiger partial charge in [-0.1, -0.05) is 146 Å². The highest BCUT2D eigenvalue weighted by Gasteiger charge is 2.36. The zero-order chi connectivity index (χ0) is 43.3. The van der Waals surface area contributed by atoms with E-state index in [1.165, 1.54) is 89.9 Å². The molecule has 59 heavy (non-hydrogen) atoms.